The summed E-state index contributed by atoms with van der Waals surface area (Å²) in [5.74, 6) is 0.774. The van der Waals surface area contributed by atoms with Crippen molar-refractivity contribution >= 4 is 5.71 Å². The zero-order chi connectivity index (χ0) is 7.35. The third kappa shape index (κ3) is 0.606. The van der Waals surface area contributed by atoms with Crippen LogP contribution >= 0.6 is 0 Å². The second-order valence-electron chi connectivity index (χ2n) is 3.85. The van der Waals surface area contributed by atoms with Crippen LogP contribution in [0.15, 0.2) is 16.8 Å². The fraction of sp³-hybridized carbons (Fsp3) is 0.667. The highest BCUT2D eigenvalue weighted by molar-refractivity contribution is 6.08. The lowest BCUT2D eigenvalue weighted by Gasteiger charge is -1.96. The molecule has 1 saturated carbocycles. The van der Waals surface area contributed by atoms with Crippen molar-refractivity contribution < 1.29 is 0 Å². The average Bonchev–Trinajstić information content (AvgIpc) is 2.36. The van der Waals surface area contributed by atoms with E-state index in [9.17, 15) is 0 Å². The minimum atomic E-state index is 0.425. The van der Waals surface area contributed by atoms with Gasteiger partial charge in [-0.25, -0.2) is 0 Å². The first-order valence-corrected chi connectivity index (χ1v) is 3.88. The number of allylic oxidation sites excluding steroid dienone is 2. The Bertz CT molecular complexity index is 233. The zero-order valence-electron chi connectivity index (χ0n) is 6.81. The van der Waals surface area contributed by atoms with Crippen molar-refractivity contribution in [3.8, 4) is 0 Å². The Labute approximate surface area is 61.9 Å². The average molecular weight is 135 g/mol. The third-order valence-electron chi connectivity index (χ3n) is 2.72. The fourth-order valence-corrected chi connectivity index (χ4v) is 1.77. The highest BCUT2D eigenvalue weighted by Crippen LogP contribution is 2.52. The Morgan fingerprint density at radius 1 is 1.60 bits per heavy atom. The number of hydrogen-bond donors (Lipinski definition) is 0. The minimum absolute atomic E-state index is 0.425. The SMILES string of the molecule is CC1=CCC2C(=N1)C2(C)C. The van der Waals surface area contributed by atoms with Crippen LogP contribution in [0.2, 0.25) is 0 Å². The number of fused-ring (bicyclic) bond motifs is 1. The number of aliphatic imine (C=N–C) groups is 1. The van der Waals surface area contributed by atoms with Gasteiger partial charge in [0.05, 0.1) is 0 Å². The smallest absolute Gasteiger partial charge is 0.0332 e. The van der Waals surface area contributed by atoms with Crippen molar-refractivity contribution in [2.45, 2.75) is 27.2 Å². The van der Waals surface area contributed by atoms with Gasteiger partial charge in [0.15, 0.2) is 0 Å². The maximum atomic E-state index is 4.49. The van der Waals surface area contributed by atoms with Gasteiger partial charge in [0.2, 0.25) is 0 Å². The van der Waals surface area contributed by atoms with Gasteiger partial charge in [-0.1, -0.05) is 19.9 Å². The van der Waals surface area contributed by atoms with E-state index >= 15 is 0 Å². The number of nitrogens with zero attached hydrogens (tertiary/aromatic N) is 1. The highest BCUT2D eigenvalue weighted by atomic mass is 14.9. The van der Waals surface area contributed by atoms with Gasteiger partial charge in [-0.05, 0) is 13.3 Å². The van der Waals surface area contributed by atoms with Gasteiger partial charge in [0.1, 0.15) is 0 Å². The monoisotopic (exact) mass is 135 g/mol. The molecule has 0 spiro atoms. The predicted molar refractivity (Wildman–Crippen MR) is 43.1 cm³/mol. The number of rotatable bonds is 0. The van der Waals surface area contributed by atoms with Crippen molar-refractivity contribution in [1.82, 2.24) is 0 Å². The summed E-state index contributed by atoms with van der Waals surface area (Å²) in [7, 11) is 0. The van der Waals surface area contributed by atoms with Crippen molar-refractivity contribution in [3.63, 3.8) is 0 Å². The van der Waals surface area contributed by atoms with E-state index in [4.69, 9.17) is 0 Å². The lowest BCUT2D eigenvalue weighted by Crippen LogP contribution is -1.87. The summed E-state index contributed by atoms with van der Waals surface area (Å²) >= 11 is 0. The van der Waals surface area contributed by atoms with Crippen molar-refractivity contribution in [1.29, 1.82) is 0 Å². The van der Waals surface area contributed by atoms with Crippen LogP contribution in [-0.2, 0) is 0 Å². The van der Waals surface area contributed by atoms with Gasteiger partial charge >= 0.3 is 0 Å². The van der Waals surface area contributed by atoms with E-state index in [0.717, 1.165) is 5.92 Å². The molecule has 54 valence electrons. The van der Waals surface area contributed by atoms with Crippen LogP contribution in [0.25, 0.3) is 0 Å². The van der Waals surface area contributed by atoms with Crippen LogP contribution in [0.4, 0.5) is 0 Å². The molecule has 1 nitrogen and oxygen atoms in total. The first-order valence-electron chi connectivity index (χ1n) is 3.88. The molecular formula is C9H13N. The molecule has 1 fully saturated rings. The van der Waals surface area contributed by atoms with Gasteiger partial charge in [0, 0.05) is 22.7 Å². The summed E-state index contributed by atoms with van der Waals surface area (Å²) in [6.07, 6.45) is 3.46. The maximum Gasteiger partial charge on any atom is 0.0332 e. The molecule has 0 amide bonds. The Hall–Kier alpha value is -0.590. The summed E-state index contributed by atoms with van der Waals surface area (Å²) < 4.78 is 0. The molecule has 2 rings (SSSR count). The molecule has 2 aliphatic rings. The molecular weight excluding hydrogens is 122 g/mol. The molecule has 0 radical (unpaired) electrons. The summed E-state index contributed by atoms with van der Waals surface area (Å²) in [5, 5.41) is 0. The van der Waals surface area contributed by atoms with E-state index in [2.05, 4.69) is 31.8 Å². The van der Waals surface area contributed by atoms with Crippen LogP contribution < -0.4 is 0 Å². The zero-order valence-corrected chi connectivity index (χ0v) is 6.81. The standard InChI is InChI=1S/C9H13N/c1-6-4-5-7-8(10-6)9(7,2)3/h4,7H,5H2,1-3H3. The molecule has 1 heterocycles. The van der Waals surface area contributed by atoms with E-state index in [1.54, 1.807) is 0 Å². The quantitative estimate of drug-likeness (QED) is 0.483. The molecule has 0 aromatic heterocycles. The summed E-state index contributed by atoms with van der Waals surface area (Å²) in [4.78, 5) is 4.49. The van der Waals surface area contributed by atoms with E-state index in [0.29, 0.717) is 5.41 Å². The third-order valence-corrected chi connectivity index (χ3v) is 2.72. The largest absolute Gasteiger partial charge is 0.262 e. The first kappa shape index (κ1) is 6.14. The molecule has 1 aliphatic carbocycles. The van der Waals surface area contributed by atoms with Crippen LogP contribution in [0, 0.1) is 11.3 Å². The molecule has 0 N–H and O–H groups in total. The topological polar surface area (TPSA) is 12.4 Å². The molecule has 1 heteroatoms. The molecule has 10 heavy (non-hydrogen) atoms. The molecule has 0 saturated heterocycles. The molecule has 1 aliphatic heterocycles. The van der Waals surface area contributed by atoms with Crippen LogP contribution in [0.3, 0.4) is 0 Å². The first-order chi connectivity index (χ1) is 4.62. The summed E-state index contributed by atoms with van der Waals surface area (Å²) in [6, 6.07) is 0. The lowest BCUT2D eigenvalue weighted by molar-refractivity contribution is 0.572. The lowest BCUT2D eigenvalue weighted by atomic mass is 10.1. The maximum absolute atomic E-state index is 4.49. The van der Waals surface area contributed by atoms with Gasteiger partial charge < -0.3 is 0 Å². The molecule has 0 aromatic carbocycles. The van der Waals surface area contributed by atoms with Crippen LogP contribution in [0.5, 0.6) is 0 Å². The fourth-order valence-electron chi connectivity index (χ4n) is 1.77. The van der Waals surface area contributed by atoms with E-state index < -0.39 is 0 Å². The van der Waals surface area contributed by atoms with Crippen LogP contribution in [-0.4, -0.2) is 5.71 Å². The molecule has 0 bridgehead atoms. The second kappa shape index (κ2) is 1.52. The molecule has 0 aromatic rings. The van der Waals surface area contributed by atoms with Gasteiger partial charge in [-0.15, -0.1) is 0 Å². The van der Waals surface area contributed by atoms with Gasteiger partial charge in [0.25, 0.3) is 0 Å². The summed E-state index contributed by atoms with van der Waals surface area (Å²) in [6.45, 7) is 6.64. The molecule has 1 atom stereocenters. The van der Waals surface area contributed by atoms with Crippen LogP contribution in [0.1, 0.15) is 27.2 Å². The van der Waals surface area contributed by atoms with E-state index in [1.165, 1.54) is 17.8 Å². The second-order valence-corrected chi connectivity index (χ2v) is 3.85. The van der Waals surface area contributed by atoms with Gasteiger partial charge in [-0.3, -0.25) is 4.99 Å². The van der Waals surface area contributed by atoms with E-state index in [1.807, 2.05) is 0 Å². The minimum Gasteiger partial charge on any atom is -0.262 e. The Morgan fingerprint density at radius 3 is 2.80 bits per heavy atom. The molecule has 1 unspecified atom stereocenters. The van der Waals surface area contributed by atoms with Gasteiger partial charge in [-0.2, -0.15) is 0 Å². The Kier molecular flexibility index (Phi) is 0.936. The van der Waals surface area contributed by atoms with Crippen molar-refractivity contribution in [2.75, 3.05) is 0 Å². The highest BCUT2D eigenvalue weighted by Gasteiger charge is 2.54. The van der Waals surface area contributed by atoms with Crippen molar-refractivity contribution in [3.05, 3.63) is 11.8 Å². The summed E-state index contributed by atoms with van der Waals surface area (Å²) in [5.41, 5.74) is 3.05. The van der Waals surface area contributed by atoms with E-state index in [-0.39, 0.29) is 0 Å². The Morgan fingerprint density at radius 2 is 2.30 bits per heavy atom. The van der Waals surface area contributed by atoms with Crippen molar-refractivity contribution in [2.24, 2.45) is 16.3 Å². The number of hydrogen-bond acceptors (Lipinski definition) is 1. The normalized spacial score (nSPS) is 34.1. The predicted octanol–water partition coefficient (Wildman–Crippen LogP) is 2.39. The Balaban J connectivity index is 2.30.